The molecule has 0 atom stereocenters. The molecule has 1 saturated heterocycles. The van der Waals surface area contributed by atoms with Crippen LogP contribution in [0.5, 0.6) is 0 Å². The van der Waals surface area contributed by atoms with E-state index in [2.05, 4.69) is 4.90 Å². The number of halogens is 3. The SMILES string of the molecule is CN(C)CCN(C(=O)C(F)(F)F)C1CCN(C)CC1. The van der Waals surface area contributed by atoms with Crippen LogP contribution in [0.3, 0.4) is 0 Å². The molecule has 0 aromatic carbocycles. The molecule has 0 aromatic rings. The largest absolute Gasteiger partial charge is 0.471 e. The van der Waals surface area contributed by atoms with E-state index in [9.17, 15) is 18.0 Å². The standard InChI is InChI=1S/C12H22F3N3O/c1-16(2)8-9-18(11(19)12(13,14)15)10-4-6-17(3)7-5-10/h10H,4-9H2,1-3H3. The molecule has 1 aliphatic heterocycles. The Kier molecular flexibility index (Phi) is 5.61. The van der Waals surface area contributed by atoms with Crippen molar-refractivity contribution < 1.29 is 18.0 Å². The number of carbonyl (C=O) groups excluding carboxylic acids is 1. The molecule has 1 heterocycles. The van der Waals surface area contributed by atoms with E-state index >= 15 is 0 Å². The molecule has 1 fully saturated rings. The molecule has 0 N–H and O–H groups in total. The third kappa shape index (κ3) is 4.99. The van der Waals surface area contributed by atoms with E-state index in [-0.39, 0.29) is 12.6 Å². The second-order valence-corrected chi connectivity index (χ2v) is 5.33. The zero-order valence-corrected chi connectivity index (χ0v) is 11.7. The number of rotatable bonds is 4. The lowest BCUT2D eigenvalue weighted by molar-refractivity contribution is -0.188. The van der Waals surface area contributed by atoms with Gasteiger partial charge in [0.05, 0.1) is 0 Å². The minimum Gasteiger partial charge on any atom is -0.331 e. The van der Waals surface area contributed by atoms with E-state index in [4.69, 9.17) is 0 Å². The smallest absolute Gasteiger partial charge is 0.331 e. The van der Waals surface area contributed by atoms with Crippen LogP contribution >= 0.6 is 0 Å². The summed E-state index contributed by atoms with van der Waals surface area (Å²) < 4.78 is 37.9. The number of carbonyl (C=O) groups is 1. The van der Waals surface area contributed by atoms with Crippen molar-refractivity contribution in [1.82, 2.24) is 14.7 Å². The van der Waals surface area contributed by atoms with E-state index < -0.39 is 12.1 Å². The van der Waals surface area contributed by atoms with Gasteiger partial charge in [0.25, 0.3) is 0 Å². The maximum atomic E-state index is 12.6. The molecule has 19 heavy (non-hydrogen) atoms. The van der Waals surface area contributed by atoms with Gasteiger partial charge in [-0.25, -0.2) is 0 Å². The summed E-state index contributed by atoms with van der Waals surface area (Å²) in [6.07, 6.45) is -3.58. The van der Waals surface area contributed by atoms with Gasteiger partial charge in [-0.3, -0.25) is 4.79 Å². The van der Waals surface area contributed by atoms with E-state index in [1.54, 1.807) is 19.0 Å². The molecule has 0 saturated carbocycles. The Balaban J connectivity index is 2.71. The van der Waals surface area contributed by atoms with Crippen LogP contribution in [0.25, 0.3) is 0 Å². The van der Waals surface area contributed by atoms with Gasteiger partial charge >= 0.3 is 12.1 Å². The van der Waals surface area contributed by atoms with Crippen molar-refractivity contribution in [1.29, 1.82) is 0 Å². The summed E-state index contributed by atoms with van der Waals surface area (Å²) in [4.78, 5) is 16.4. The first kappa shape index (κ1) is 16.2. The van der Waals surface area contributed by atoms with Crippen molar-refractivity contribution >= 4 is 5.91 Å². The first-order valence-electron chi connectivity index (χ1n) is 6.43. The molecule has 0 aliphatic carbocycles. The molecule has 1 amide bonds. The Labute approximate surface area is 112 Å². The topological polar surface area (TPSA) is 26.8 Å². The van der Waals surface area contributed by atoms with Crippen molar-refractivity contribution in [2.24, 2.45) is 0 Å². The molecule has 1 rings (SSSR count). The molecule has 0 unspecified atom stereocenters. The summed E-state index contributed by atoms with van der Waals surface area (Å²) in [6.45, 7) is 2.02. The summed E-state index contributed by atoms with van der Waals surface area (Å²) in [6, 6.07) is -0.301. The summed E-state index contributed by atoms with van der Waals surface area (Å²) in [7, 11) is 5.50. The maximum Gasteiger partial charge on any atom is 0.471 e. The van der Waals surface area contributed by atoms with Gasteiger partial charge in [-0.2, -0.15) is 13.2 Å². The third-order valence-corrected chi connectivity index (χ3v) is 3.42. The van der Waals surface area contributed by atoms with Crippen molar-refractivity contribution in [2.75, 3.05) is 47.3 Å². The fourth-order valence-corrected chi connectivity index (χ4v) is 2.23. The average Bonchev–Trinajstić information content (AvgIpc) is 2.29. The Bertz CT molecular complexity index is 299. The number of amides is 1. The predicted octanol–water partition coefficient (Wildman–Crippen LogP) is 1.03. The lowest BCUT2D eigenvalue weighted by atomic mass is 10.0. The van der Waals surface area contributed by atoms with Crippen LogP contribution in [-0.4, -0.2) is 80.1 Å². The Morgan fingerprint density at radius 2 is 1.74 bits per heavy atom. The lowest BCUT2D eigenvalue weighted by Crippen LogP contribution is -2.52. The number of likely N-dealkylation sites (N-methyl/N-ethyl adjacent to an activating group) is 1. The van der Waals surface area contributed by atoms with E-state index in [1.807, 2.05) is 7.05 Å². The minimum atomic E-state index is -4.78. The van der Waals surface area contributed by atoms with E-state index in [0.717, 1.165) is 18.0 Å². The van der Waals surface area contributed by atoms with Gasteiger partial charge in [-0.1, -0.05) is 0 Å². The maximum absolute atomic E-state index is 12.6. The van der Waals surface area contributed by atoms with Crippen molar-refractivity contribution in [3.05, 3.63) is 0 Å². The Hall–Kier alpha value is -0.820. The van der Waals surface area contributed by atoms with Crippen LogP contribution in [0.1, 0.15) is 12.8 Å². The molecule has 4 nitrogen and oxygen atoms in total. The van der Waals surface area contributed by atoms with Crippen LogP contribution in [0.2, 0.25) is 0 Å². The molecule has 7 heteroatoms. The van der Waals surface area contributed by atoms with E-state index in [1.165, 1.54) is 0 Å². The molecule has 112 valence electrons. The minimum absolute atomic E-state index is 0.125. The van der Waals surface area contributed by atoms with Gasteiger partial charge < -0.3 is 14.7 Å². The van der Waals surface area contributed by atoms with Crippen LogP contribution in [0.4, 0.5) is 13.2 Å². The average molecular weight is 281 g/mol. The lowest BCUT2D eigenvalue weighted by Gasteiger charge is -2.38. The van der Waals surface area contributed by atoms with Gasteiger partial charge in [-0.15, -0.1) is 0 Å². The Morgan fingerprint density at radius 3 is 2.16 bits per heavy atom. The van der Waals surface area contributed by atoms with Crippen molar-refractivity contribution in [3.63, 3.8) is 0 Å². The van der Waals surface area contributed by atoms with Crippen LogP contribution in [-0.2, 0) is 4.79 Å². The number of nitrogens with zero attached hydrogens (tertiary/aromatic N) is 3. The van der Waals surface area contributed by atoms with Gasteiger partial charge in [0.15, 0.2) is 0 Å². The van der Waals surface area contributed by atoms with Gasteiger partial charge in [0.2, 0.25) is 0 Å². The summed E-state index contributed by atoms with van der Waals surface area (Å²) in [5, 5.41) is 0. The number of piperidine rings is 1. The first-order chi connectivity index (χ1) is 8.71. The van der Waals surface area contributed by atoms with Crippen LogP contribution < -0.4 is 0 Å². The fraction of sp³-hybridized carbons (Fsp3) is 0.917. The highest BCUT2D eigenvalue weighted by Gasteiger charge is 2.44. The summed E-state index contributed by atoms with van der Waals surface area (Å²) in [5.41, 5.74) is 0. The van der Waals surface area contributed by atoms with Crippen LogP contribution in [0.15, 0.2) is 0 Å². The molecule has 0 spiro atoms. The molecule has 0 bridgehead atoms. The highest BCUT2D eigenvalue weighted by atomic mass is 19.4. The highest BCUT2D eigenvalue weighted by molar-refractivity contribution is 5.82. The second-order valence-electron chi connectivity index (χ2n) is 5.33. The zero-order valence-electron chi connectivity index (χ0n) is 11.7. The van der Waals surface area contributed by atoms with Gasteiger partial charge in [0.1, 0.15) is 0 Å². The first-order valence-corrected chi connectivity index (χ1v) is 6.43. The molecular weight excluding hydrogens is 259 g/mol. The van der Waals surface area contributed by atoms with Crippen molar-refractivity contribution in [3.8, 4) is 0 Å². The molecule has 1 aliphatic rings. The van der Waals surface area contributed by atoms with Gasteiger partial charge in [-0.05, 0) is 47.1 Å². The summed E-state index contributed by atoms with van der Waals surface area (Å²) >= 11 is 0. The third-order valence-electron chi connectivity index (χ3n) is 3.42. The summed E-state index contributed by atoms with van der Waals surface area (Å²) in [5.74, 6) is -1.70. The van der Waals surface area contributed by atoms with Gasteiger partial charge in [0, 0.05) is 19.1 Å². The zero-order chi connectivity index (χ0) is 14.6. The number of likely N-dealkylation sites (tertiary alicyclic amines) is 1. The molecular formula is C12H22F3N3O. The number of hydrogen-bond acceptors (Lipinski definition) is 3. The van der Waals surface area contributed by atoms with E-state index in [0.29, 0.717) is 19.4 Å². The second kappa shape index (κ2) is 6.56. The fourth-order valence-electron chi connectivity index (χ4n) is 2.23. The number of hydrogen-bond donors (Lipinski definition) is 0. The monoisotopic (exact) mass is 281 g/mol. The molecule has 0 aromatic heterocycles. The predicted molar refractivity (Wildman–Crippen MR) is 66.8 cm³/mol. The Morgan fingerprint density at radius 1 is 1.21 bits per heavy atom. The van der Waals surface area contributed by atoms with Crippen molar-refractivity contribution in [2.45, 2.75) is 25.1 Å². The number of alkyl halides is 3. The highest BCUT2D eigenvalue weighted by Crippen LogP contribution is 2.23. The normalized spacial score (nSPS) is 18.9. The van der Waals surface area contributed by atoms with Crippen LogP contribution in [0, 0.1) is 0 Å². The molecule has 0 radical (unpaired) electrons. The quantitative estimate of drug-likeness (QED) is 0.770.